The van der Waals surface area contributed by atoms with Crippen LogP contribution in [0.4, 0.5) is 0 Å². The van der Waals surface area contributed by atoms with Gasteiger partial charge in [-0.15, -0.1) is 11.3 Å². The third-order valence-electron chi connectivity index (χ3n) is 3.12. The van der Waals surface area contributed by atoms with Crippen LogP contribution in [0.15, 0.2) is 41.5 Å². The van der Waals surface area contributed by atoms with Gasteiger partial charge < -0.3 is 10.3 Å². The zero-order valence-corrected chi connectivity index (χ0v) is 12.2. The quantitative estimate of drug-likeness (QED) is 0.778. The molecule has 3 rings (SSSR count). The maximum Gasteiger partial charge on any atom is 0.259 e. The summed E-state index contributed by atoms with van der Waals surface area (Å²) < 4.78 is 0. The van der Waals surface area contributed by atoms with E-state index >= 15 is 0 Å². The second-order valence-corrected chi connectivity index (χ2v) is 5.83. The fourth-order valence-corrected chi connectivity index (χ4v) is 2.92. The Bertz CT molecular complexity index is 849. The molecule has 1 amide bonds. The molecule has 0 unspecified atom stereocenters. The first-order chi connectivity index (χ1) is 10.1. The Morgan fingerprint density at radius 2 is 2.10 bits per heavy atom. The number of aryl methyl sites for hydroxylation is 1. The number of fused-ring (bicyclic) bond motifs is 1. The van der Waals surface area contributed by atoms with E-state index in [-0.39, 0.29) is 11.5 Å². The van der Waals surface area contributed by atoms with E-state index in [1.807, 2.05) is 19.1 Å². The van der Waals surface area contributed by atoms with Crippen molar-refractivity contribution in [2.24, 2.45) is 0 Å². The molecule has 0 fully saturated rings. The SMILES string of the molecule is Cc1ccc(C(=O)NCc2cc3c(=O)[nH]cnc3s2)cc1. The number of thiophene rings is 1. The first kappa shape index (κ1) is 13.5. The van der Waals surface area contributed by atoms with Crippen molar-refractivity contribution in [2.45, 2.75) is 13.5 Å². The zero-order chi connectivity index (χ0) is 14.8. The van der Waals surface area contributed by atoms with Gasteiger partial charge in [0.1, 0.15) is 4.83 Å². The number of benzene rings is 1. The van der Waals surface area contributed by atoms with Gasteiger partial charge in [0, 0.05) is 10.4 Å². The highest BCUT2D eigenvalue weighted by Gasteiger charge is 2.08. The van der Waals surface area contributed by atoms with Gasteiger partial charge in [-0.25, -0.2) is 4.98 Å². The van der Waals surface area contributed by atoms with Gasteiger partial charge in [-0.2, -0.15) is 0 Å². The van der Waals surface area contributed by atoms with Crippen LogP contribution in [0.2, 0.25) is 0 Å². The molecule has 0 radical (unpaired) electrons. The van der Waals surface area contributed by atoms with Crippen molar-refractivity contribution in [3.8, 4) is 0 Å². The Kier molecular flexibility index (Phi) is 3.53. The van der Waals surface area contributed by atoms with Gasteiger partial charge in [-0.05, 0) is 25.1 Å². The molecule has 5 nitrogen and oxygen atoms in total. The number of amides is 1. The van der Waals surface area contributed by atoms with Crippen LogP contribution in [0.25, 0.3) is 10.2 Å². The second kappa shape index (κ2) is 5.49. The van der Waals surface area contributed by atoms with Crippen molar-refractivity contribution in [1.29, 1.82) is 0 Å². The van der Waals surface area contributed by atoms with E-state index in [1.54, 1.807) is 18.2 Å². The topological polar surface area (TPSA) is 74.8 Å². The molecule has 2 aromatic heterocycles. The molecular weight excluding hydrogens is 286 g/mol. The summed E-state index contributed by atoms with van der Waals surface area (Å²) >= 11 is 1.41. The van der Waals surface area contributed by atoms with E-state index < -0.39 is 0 Å². The number of hydrogen-bond donors (Lipinski definition) is 2. The Labute approximate surface area is 124 Å². The van der Waals surface area contributed by atoms with Crippen LogP contribution in [-0.4, -0.2) is 15.9 Å². The van der Waals surface area contributed by atoms with Crippen LogP contribution >= 0.6 is 11.3 Å². The number of nitrogens with zero attached hydrogens (tertiary/aromatic N) is 1. The van der Waals surface area contributed by atoms with Gasteiger partial charge >= 0.3 is 0 Å². The van der Waals surface area contributed by atoms with Crippen molar-refractivity contribution < 1.29 is 4.79 Å². The number of aromatic nitrogens is 2. The molecule has 0 saturated heterocycles. The number of H-pyrrole nitrogens is 1. The van der Waals surface area contributed by atoms with Crippen LogP contribution < -0.4 is 10.9 Å². The maximum atomic E-state index is 12.0. The molecule has 106 valence electrons. The van der Waals surface area contributed by atoms with E-state index in [4.69, 9.17) is 0 Å². The molecule has 6 heteroatoms. The van der Waals surface area contributed by atoms with Crippen LogP contribution in [0.1, 0.15) is 20.8 Å². The van der Waals surface area contributed by atoms with E-state index in [0.717, 1.165) is 10.4 Å². The smallest absolute Gasteiger partial charge is 0.259 e. The predicted molar refractivity (Wildman–Crippen MR) is 82.6 cm³/mol. The van der Waals surface area contributed by atoms with Gasteiger partial charge in [-0.1, -0.05) is 17.7 Å². The number of aromatic amines is 1. The lowest BCUT2D eigenvalue weighted by molar-refractivity contribution is 0.0951. The summed E-state index contributed by atoms with van der Waals surface area (Å²) in [5, 5.41) is 3.40. The van der Waals surface area contributed by atoms with E-state index in [0.29, 0.717) is 22.3 Å². The largest absolute Gasteiger partial charge is 0.347 e. The van der Waals surface area contributed by atoms with Crippen molar-refractivity contribution in [3.05, 3.63) is 63.0 Å². The first-order valence-electron chi connectivity index (χ1n) is 6.44. The van der Waals surface area contributed by atoms with Gasteiger partial charge in [0.25, 0.3) is 11.5 Å². The predicted octanol–water partition coefficient (Wildman–Crippen LogP) is 2.22. The molecule has 3 aromatic rings. The molecule has 0 aliphatic rings. The number of hydrogen-bond acceptors (Lipinski definition) is 4. The molecule has 21 heavy (non-hydrogen) atoms. The van der Waals surface area contributed by atoms with E-state index in [2.05, 4.69) is 15.3 Å². The minimum absolute atomic E-state index is 0.130. The molecule has 0 aliphatic heterocycles. The number of nitrogens with one attached hydrogen (secondary N) is 2. The van der Waals surface area contributed by atoms with Crippen LogP contribution in [0.5, 0.6) is 0 Å². The van der Waals surface area contributed by atoms with Crippen molar-refractivity contribution in [1.82, 2.24) is 15.3 Å². The lowest BCUT2D eigenvalue weighted by atomic mass is 10.1. The fraction of sp³-hybridized carbons (Fsp3) is 0.133. The first-order valence-corrected chi connectivity index (χ1v) is 7.26. The average molecular weight is 299 g/mol. The summed E-state index contributed by atoms with van der Waals surface area (Å²) in [4.78, 5) is 31.8. The van der Waals surface area contributed by atoms with E-state index in [9.17, 15) is 9.59 Å². The molecular formula is C15H13N3O2S. The van der Waals surface area contributed by atoms with E-state index in [1.165, 1.54) is 17.7 Å². The summed E-state index contributed by atoms with van der Waals surface area (Å²) in [6, 6.07) is 9.15. The molecule has 0 atom stereocenters. The minimum atomic E-state index is -0.160. The third-order valence-corrected chi connectivity index (χ3v) is 4.17. The standard InChI is InChI=1S/C15H13N3O2S/c1-9-2-4-10(5-3-9)13(19)16-7-11-6-12-14(20)17-8-18-15(12)21-11/h2-6,8H,7H2,1H3,(H,16,19)(H,17,18,20). The highest BCUT2D eigenvalue weighted by Crippen LogP contribution is 2.20. The van der Waals surface area contributed by atoms with Crippen molar-refractivity contribution >= 4 is 27.5 Å². The van der Waals surface area contributed by atoms with Crippen molar-refractivity contribution in [3.63, 3.8) is 0 Å². The van der Waals surface area contributed by atoms with Gasteiger partial charge in [0.2, 0.25) is 0 Å². The van der Waals surface area contributed by atoms with Gasteiger partial charge in [0.15, 0.2) is 0 Å². The van der Waals surface area contributed by atoms with Gasteiger partial charge in [-0.3, -0.25) is 9.59 Å². The molecule has 0 saturated carbocycles. The second-order valence-electron chi connectivity index (χ2n) is 4.71. The van der Waals surface area contributed by atoms with Gasteiger partial charge in [0.05, 0.1) is 18.3 Å². The maximum absolute atomic E-state index is 12.0. The summed E-state index contributed by atoms with van der Waals surface area (Å²) in [7, 11) is 0. The zero-order valence-electron chi connectivity index (χ0n) is 11.3. The molecule has 2 N–H and O–H groups in total. The summed E-state index contributed by atoms with van der Waals surface area (Å²) in [5.74, 6) is -0.130. The lowest BCUT2D eigenvalue weighted by Gasteiger charge is -2.03. The average Bonchev–Trinajstić information content (AvgIpc) is 2.90. The van der Waals surface area contributed by atoms with Crippen LogP contribution in [-0.2, 0) is 6.54 Å². The minimum Gasteiger partial charge on any atom is -0.347 e. The highest BCUT2D eigenvalue weighted by molar-refractivity contribution is 7.18. The van der Waals surface area contributed by atoms with Crippen LogP contribution in [0, 0.1) is 6.92 Å². The molecule has 0 spiro atoms. The molecule has 0 bridgehead atoms. The molecule has 1 aromatic carbocycles. The Hall–Kier alpha value is -2.47. The Balaban J connectivity index is 1.74. The lowest BCUT2D eigenvalue weighted by Crippen LogP contribution is -2.22. The summed E-state index contributed by atoms with van der Waals surface area (Å²) in [6.45, 7) is 2.36. The molecule has 2 heterocycles. The highest BCUT2D eigenvalue weighted by atomic mass is 32.1. The fourth-order valence-electron chi connectivity index (χ4n) is 1.98. The summed E-state index contributed by atoms with van der Waals surface area (Å²) in [6.07, 6.45) is 1.38. The number of carbonyl (C=O) groups excluding carboxylic acids is 1. The Morgan fingerprint density at radius 1 is 1.33 bits per heavy atom. The summed E-state index contributed by atoms with van der Waals surface area (Å²) in [5.41, 5.74) is 1.58. The number of carbonyl (C=O) groups is 1. The third kappa shape index (κ3) is 2.85. The normalized spacial score (nSPS) is 10.7. The molecule has 0 aliphatic carbocycles. The monoisotopic (exact) mass is 299 g/mol. The van der Waals surface area contributed by atoms with Crippen LogP contribution in [0.3, 0.4) is 0 Å². The number of rotatable bonds is 3. The Morgan fingerprint density at radius 3 is 2.81 bits per heavy atom. The van der Waals surface area contributed by atoms with Crippen molar-refractivity contribution in [2.75, 3.05) is 0 Å².